The van der Waals surface area contributed by atoms with Crippen molar-refractivity contribution in [2.24, 2.45) is 0 Å². The molecule has 1 amide bonds. The maximum absolute atomic E-state index is 12.1. The predicted molar refractivity (Wildman–Crippen MR) is 78.7 cm³/mol. The van der Waals surface area contributed by atoms with Crippen LogP contribution in [0.2, 0.25) is 0 Å². The first-order valence-corrected chi connectivity index (χ1v) is 6.68. The van der Waals surface area contributed by atoms with E-state index in [1.165, 1.54) is 0 Å². The standard InChI is InChI=1S/C15H18N4O/c1-2-16-14-13(7-5-10-18-14)15(20)19-11-8-12-6-3-4-9-17-12/h3-7,9-10H,2,8,11H2,1H3,(H,16,18)(H,19,20). The largest absolute Gasteiger partial charge is 0.370 e. The first-order chi connectivity index (χ1) is 9.81. The van der Waals surface area contributed by atoms with Gasteiger partial charge in [-0.15, -0.1) is 0 Å². The maximum atomic E-state index is 12.1. The fourth-order valence-electron chi connectivity index (χ4n) is 1.84. The number of carbonyl (C=O) groups excluding carboxylic acids is 1. The molecule has 0 spiro atoms. The highest BCUT2D eigenvalue weighted by Gasteiger charge is 2.10. The van der Waals surface area contributed by atoms with Gasteiger partial charge < -0.3 is 10.6 Å². The molecular weight excluding hydrogens is 252 g/mol. The summed E-state index contributed by atoms with van der Waals surface area (Å²) >= 11 is 0. The Morgan fingerprint density at radius 3 is 2.75 bits per heavy atom. The van der Waals surface area contributed by atoms with E-state index in [0.29, 0.717) is 24.3 Å². The summed E-state index contributed by atoms with van der Waals surface area (Å²) in [6.45, 7) is 3.25. The number of anilines is 1. The quantitative estimate of drug-likeness (QED) is 0.841. The molecule has 2 aromatic rings. The van der Waals surface area contributed by atoms with Crippen LogP contribution in [0.5, 0.6) is 0 Å². The lowest BCUT2D eigenvalue weighted by Gasteiger charge is -2.09. The summed E-state index contributed by atoms with van der Waals surface area (Å²) in [5.74, 6) is 0.496. The van der Waals surface area contributed by atoms with Gasteiger partial charge in [-0.1, -0.05) is 6.07 Å². The van der Waals surface area contributed by atoms with Gasteiger partial charge in [-0.3, -0.25) is 9.78 Å². The monoisotopic (exact) mass is 270 g/mol. The molecule has 0 atom stereocenters. The zero-order valence-electron chi connectivity index (χ0n) is 11.5. The normalized spacial score (nSPS) is 10.1. The van der Waals surface area contributed by atoms with Crippen molar-refractivity contribution in [3.63, 3.8) is 0 Å². The van der Waals surface area contributed by atoms with Gasteiger partial charge in [-0.2, -0.15) is 0 Å². The van der Waals surface area contributed by atoms with Crippen molar-refractivity contribution in [2.45, 2.75) is 13.3 Å². The second kappa shape index (κ2) is 7.23. The number of nitrogens with one attached hydrogen (secondary N) is 2. The first-order valence-electron chi connectivity index (χ1n) is 6.68. The molecule has 2 rings (SSSR count). The molecule has 0 saturated heterocycles. The van der Waals surface area contributed by atoms with Crippen molar-refractivity contribution in [3.05, 3.63) is 54.0 Å². The molecule has 2 N–H and O–H groups in total. The molecule has 0 unspecified atom stereocenters. The zero-order valence-corrected chi connectivity index (χ0v) is 11.5. The summed E-state index contributed by atoms with van der Waals surface area (Å²) in [6.07, 6.45) is 4.13. The fourth-order valence-corrected chi connectivity index (χ4v) is 1.84. The van der Waals surface area contributed by atoms with Gasteiger partial charge in [0.05, 0.1) is 5.56 Å². The van der Waals surface area contributed by atoms with E-state index < -0.39 is 0 Å². The number of nitrogens with zero attached hydrogens (tertiary/aromatic N) is 2. The Labute approximate surface area is 118 Å². The Kier molecular flexibility index (Phi) is 5.06. The highest BCUT2D eigenvalue weighted by atomic mass is 16.1. The van der Waals surface area contributed by atoms with Crippen molar-refractivity contribution in [1.82, 2.24) is 15.3 Å². The Morgan fingerprint density at radius 1 is 1.15 bits per heavy atom. The molecule has 2 aromatic heterocycles. The molecule has 0 aliphatic rings. The van der Waals surface area contributed by atoms with Crippen LogP contribution < -0.4 is 10.6 Å². The summed E-state index contributed by atoms with van der Waals surface area (Å²) in [6, 6.07) is 9.28. The molecule has 0 radical (unpaired) electrons. The lowest BCUT2D eigenvalue weighted by molar-refractivity contribution is 0.0954. The molecule has 0 fully saturated rings. The molecule has 0 bridgehead atoms. The van der Waals surface area contributed by atoms with Crippen LogP contribution in [-0.4, -0.2) is 29.0 Å². The number of hydrogen-bond donors (Lipinski definition) is 2. The van der Waals surface area contributed by atoms with E-state index >= 15 is 0 Å². The number of pyridine rings is 2. The van der Waals surface area contributed by atoms with E-state index in [2.05, 4.69) is 20.6 Å². The minimum atomic E-state index is -0.120. The molecule has 104 valence electrons. The number of aromatic nitrogens is 2. The van der Waals surface area contributed by atoms with Crippen LogP contribution in [0.3, 0.4) is 0 Å². The highest BCUT2D eigenvalue weighted by molar-refractivity contribution is 5.98. The molecule has 0 aliphatic carbocycles. The summed E-state index contributed by atoms with van der Waals surface area (Å²) in [5, 5.41) is 5.97. The second-order valence-electron chi connectivity index (χ2n) is 4.26. The van der Waals surface area contributed by atoms with Crippen LogP contribution in [0, 0.1) is 0 Å². The number of rotatable bonds is 6. The van der Waals surface area contributed by atoms with Crippen molar-refractivity contribution in [3.8, 4) is 0 Å². The van der Waals surface area contributed by atoms with E-state index in [1.807, 2.05) is 25.1 Å². The lowest BCUT2D eigenvalue weighted by atomic mass is 10.2. The van der Waals surface area contributed by atoms with Gasteiger partial charge in [0.15, 0.2) is 0 Å². The van der Waals surface area contributed by atoms with Gasteiger partial charge in [-0.05, 0) is 31.2 Å². The van der Waals surface area contributed by atoms with E-state index in [4.69, 9.17) is 0 Å². The number of amides is 1. The van der Waals surface area contributed by atoms with Crippen molar-refractivity contribution >= 4 is 11.7 Å². The van der Waals surface area contributed by atoms with Gasteiger partial charge in [0, 0.05) is 37.6 Å². The van der Waals surface area contributed by atoms with Crippen molar-refractivity contribution in [2.75, 3.05) is 18.4 Å². The maximum Gasteiger partial charge on any atom is 0.255 e. The molecule has 0 aliphatic heterocycles. The van der Waals surface area contributed by atoms with Crippen LogP contribution in [0.4, 0.5) is 5.82 Å². The molecule has 20 heavy (non-hydrogen) atoms. The zero-order chi connectivity index (χ0) is 14.2. The van der Waals surface area contributed by atoms with Gasteiger partial charge in [0.2, 0.25) is 0 Å². The SMILES string of the molecule is CCNc1ncccc1C(=O)NCCc1ccccn1. The minimum Gasteiger partial charge on any atom is -0.370 e. The smallest absolute Gasteiger partial charge is 0.255 e. The lowest BCUT2D eigenvalue weighted by Crippen LogP contribution is -2.27. The van der Waals surface area contributed by atoms with Crippen LogP contribution >= 0.6 is 0 Å². The van der Waals surface area contributed by atoms with Crippen molar-refractivity contribution < 1.29 is 4.79 Å². The number of hydrogen-bond acceptors (Lipinski definition) is 4. The number of carbonyl (C=O) groups is 1. The third kappa shape index (κ3) is 3.78. The van der Waals surface area contributed by atoms with E-state index in [1.54, 1.807) is 24.5 Å². The summed E-state index contributed by atoms with van der Waals surface area (Å²) in [4.78, 5) is 20.5. The Balaban J connectivity index is 1.92. The van der Waals surface area contributed by atoms with Gasteiger partial charge in [0.25, 0.3) is 5.91 Å². The molecule has 2 heterocycles. The predicted octanol–water partition coefficient (Wildman–Crippen LogP) is 1.88. The molecule has 0 saturated carbocycles. The molecule has 0 aromatic carbocycles. The third-order valence-corrected chi connectivity index (χ3v) is 2.79. The fraction of sp³-hybridized carbons (Fsp3) is 0.267. The Morgan fingerprint density at radius 2 is 2.00 bits per heavy atom. The van der Waals surface area contributed by atoms with Crippen molar-refractivity contribution in [1.29, 1.82) is 0 Å². The highest BCUT2D eigenvalue weighted by Crippen LogP contribution is 2.10. The average molecular weight is 270 g/mol. The molecule has 5 nitrogen and oxygen atoms in total. The molecular formula is C15H18N4O. The van der Waals surface area contributed by atoms with Crippen LogP contribution in [0.15, 0.2) is 42.7 Å². The van der Waals surface area contributed by atoms with Crippen LogP contribution in [0.25, 0.3) is 0 Å². The average Bonchev–Trinajstić information content (AvgIpc) is 2.49. The van der Waals surface area contributed by atoms with E-state index in [-0.39, 0.29) is 5.91 Å². The second-order valence-corrected chi connectivity index (χ2v) is 4.26. The summed E-state index contributed by atoms with van der Waals surface area (Å²) in [7, 11) is 0. The van der Waals surface area contributed by atoms with Gasteiger partial charge >= 0.3 is 0 Å². The van der Waals surface area contributed by atoms with Gasteiger partial charge in [0.1, 0.15) is 5.82 Å². The first kappa shape index (κ1) is 14.0. The molecule has 5 heteroatoms. The topological polar surface area (TPSA) is 66.9 Å². The third-order valence-electron chi connectivity index (χ3n) is 2.79. The van der Waals surface area contributed by atoms with Gasteiger partial charge in [-0.25, -0.2) is 4.98 Å². The Bertz CT molecular complexity index is 557. The Hall–Kier alpha value is -2.43. The van der Waals surface area contributed by atoms with Crippen LogP contribution in [0.1, 0.15) is 23.0 Å². The van der Waals surface area contributed by atoms with E-state index in [0.717, 1.165) is 12.2 Å². The van der Waals surface area contributed by atoms with Crippen LogP contribution in [-0.2, 0) is 6.42 Å². The van der Waals surface area contributed by atoms with E-state index in [9.17, 15) is 4.79 Å². The summed E-state index contributed by atoms with van der Waals surface area (Å²) in [5.41, 5.74) is 1.53. The summed E-state index contributed by atoms with van der Waals surface area (Å²) < 4.78 is 0. The minimum absolute atomic E-state index is 0.120.